The zero-order valence-electron chi connectivity index (χ0n) is 13.3. The largest absolute Gasteiger partial charge is 0.504 e. The molecule has 1 unspecified atom stereocenters. The van der Waals surface area contributed by atoms with Gasteiger partial charge < -0.3 is 20.1 Å². The van der Waals surface area contributed by atoms with Gasteiger partial charge in [-0.25, -0.2) is 0 Å². The predicted octanol–water partition coefficient (Wildman–Crippen LogP) is 2.61. The fourth-order valence-corrected chi connectivity index (χ4v) is 2.94. The maximum atomic E-state index is 9.58. The molecule has 0 aliphatic carbocycles. The minimum atomic E-state index is 0.194. The van der Waals surface area contributed by atoms with Gasteiger partial charge in [0.25, 0.3) is 0 Å². The maximum absolute atomic E-state index is 9.58. The van der Waals surface area contributed by atoms with Crippen LogP contribution in [0.3, 0.4) is 0 Å². The van der Waals surface area contributed by atoms with Gasteiger partial charge in [0.15, 0.2) is 11.5 Å². The van der Waals surface area contributed by atoms with Crippen molar-refractivity contribution in [3.8, 4) is 11.5 Å². The molecule has 0 bridgehead atoms. The van der Waals surface area contributed by atoms with Gasteiger partial charge in [0.1, 0.15) is 0 Å². The molecule has 0 aromatic heterocycles. The molecule has 0 spiro atoms. The number of methoxy groups -OCH3 is 1. The Bertz CT molecular complexity index is 431. The number of likely N-dealkylation sites (tertiary alicyclic amines) is 1. The first-order chi connectivity index (χ1) is 10.2. The van der Waals surface area contributed by atoms with E-state index in [0.717, 1.165) is 18.7 Å². The van der Waals surface area contributed by atoms with Gasteiger partial charge in [0.05, 0.1) is 7.11 Å². The molecule has 1 heterocycles. The van der Waals surface area contributed by atoms with E-state index in [4.69, 9.17) is 4.74 Å². The molecular weight excluding hydrogens is 264 g/mol. The Labute approximate surface area is 128 Å². The van der Waals surface area contributed by atoms with Crippen molar-refractivity contribution in [1.29, 1.82) is 0 Å². The molecule has 1 atom stereocenters. The van der Waals surface area contributed by atoms with E-state index >= 15 is 0 Å². The molecule has 21 heavy (non-hydrogen) atoms. The molecule has 0 saturated carbocycles. The van der Waals surface area contributed by atoms with E-state index in [1.807, 2.05) is 12.1 Å². The minimum absolute atomic E-state index is 0.194. The number of piperidine rings is 1. The Hall–Kier alpha value is -1.26. The van der Waals surface area contributed by atoms with Crippen molar-refractivity contribution >= 4 is 0 Å². The minimum Gasteiger partial charge on any atom is -0.504 e. The molecular formula is C17H28N2O2. The second-order valence-electron chi connectivity index (χ2n) is 6.10. The van der Waals surface area contributed by atoms with Crippen molar-refractivity contribution in [2.45, 2.75) is 32.7 Å². The molecule has 2 N–H and O–H groups in total. The van der Waals surface area contributed by atoms with Crippen LogP contribution in [0.1, 0.15) is 31.7 Å². The summed E-state index contributed by atoms with van der Waals surface area (Å²) in [5.41, 5.74) is 1.13. The van der Waals surface area contributed by atoms with Crippen molar-refractivity contribution in [2.75, 3.05) is 33.3 Å². The van der Waals surface area contributed by atoms with E-state index in [-0.39, 0.29) is 5.75 Å². The summed E-state index contributed by atoms with van der Waals surface area (Å²) >= 11 is 0. The zero-order chi connectivity index (χ0) is 15.1. The summed E-state index contributed by atoms with van der Waals surface area (Å²) in [6.45, 7) is 7.84. The van der Waals surface area contributed by atoms with Gasteiger partial charge in [-0.2, -0.15) is 0 Å². The number of aromatic hydroxyl groups is 1. The third-order valence-corrected chi connectivity index (χ3v) is 4.08. The van der Waals surface area contributed by atoms with Crippen LogP contribution in [0, 0.1) is 5.92 Å². The van der Waals surface area contributed by atoms with Crippen LogP contribution < -0.4 is 10.1 Å². The first-order valence-corrected chi connectivity index (χ1v) is 7.98. The lowest BCUT2D eigenvalue weighted by molar-refractivity contribution is 0.199. The van der Waals surface area contributed by atoms with Crippen molar-refractivity contribution in [2.24, 2.45) is 5.92 Å². The highest BCUT2D eigenvalue weighted by Crippen LogP contribution is 2.26. The second kappa shape index (κ2) is 8.25. The lowest BCUT2D eigenvalue weighted by Crippen LogP contribution is -2.36. The van der Waals surface area contributed by atoms with E-state index in [1.54, 1.807) is 13.2 Å². The third-order valence-electron chi connectivity index (χ3n) is 4.08. The van der Waals surface area contributed by atoms with Crippen LogP contribution in [-0.2, 0) is 6.54 Å². The van der Waals surface area contributed by atoms with Gasteiger partial charge in [-0.3, -0.25) is 0 Å². The molecule has 1 fully saturated rings. The van der Waals surface area contributed by atoms with Crippen LogP contribution in [0.4, 0.5) is 0 Å². The summed E-state index contributed by atoms with van der Waals surface area (Å²) < 4.78 is 5.13. The van der Waals surface area contributed by atoms with Crippen molar-refractivity contribution < 1.29 is 9.84 Å². The Morgan fingerprint density at radius 2 is 2.05 bits per heavy atom. The van der Waals surface area contributed by atoms with Crippen molar-refractivity contribution in [1.82, 2.24) is 10.2 Å². The van der Waals surface area contributed by atoms with E-state index < -0.39 is 0 Å². The molecule has 1 aliphatic heterocycles. The zero-order valence-corrected chi connectivity index (χ0v) is 13.3. The van der Waals surface area contributed by atoms with Crippen LogP contribution in [0.2, 0.25) is 0 Å². The van der Waals surface area contributed by atoms with Crippen LogP contribution in [-0.4, -0.2) is 43.3 Å². The number of rotatable bonds is 7. The van der Waals surface area contributed by atoms with Crippen LogP contribution in [0.15, 0.2) is 18.2 Å². The molecule has 1 aromatic rings. The number of hydrogen-bond donors (Lipinski definition) is 2. The van der Waals surface area contributed by atoms with E-state index in [1.165, 1.54) is 38.9 Å². The molecule has 1 aliphatic rings. The third kappa shape index (κ3) is 5.21. The second-order valence-corrected chi connectivity index (χ2v) is 6.10. The van der Waals surface area contributed by atoms with E-state index in [2.05, 4.69) is 17.1 Å². The number of ether oxygens (including phenoxy) is 1. The first-order valence-electron chi connectivity index (χ1n) is 7.98. The molecule has 1 aromatic carbocycles. The number of hydrogen-bond acceptors (Lipinski definition) is 4. The highest BCUT2D eigenvalue weighted by atomic mass is 16.5. The highest BCUT2D eigenvalue weighted by molar-refractivity contribution is 5.41. The van der Waals surface area contributed by atoms with Crippen LogP contribution >= 0.6 is 0 Å². The van der Waals surface area contributed by atoms with Gasteiger partial charge in [0.2, 0.25) is 0 Å². The van der Waals surface area contributed by atoms with Gasteiger partial charge in [0, 0.05) is 13.1 Å². The summed E-state index contributed by atoms with van der Waals surface area (Å²) in [6, 6.07) is 5.50. The Morgan fingerprint density at radius 3 is 2.76 bits per heavy atom. The standard InChI is InChI=1S/C17H28N2O2/c1-14(13-19-8-4-3-5-9-19)11-18-12-15-6-7-16(20)17(10-15)21-2/h6-7,10,14,18,20H,3-5,8-9,11-13H2,1-2H3. The predicted molar refractivity (Wildman–Crippen MR) is 85.8 cm³/mol. The number of phenols is 1. The van der Waals surface area contributed by atoms with Crippen molar-refractivity contribution in [3.63, 3.8) is 0 Å². The number of phenolic OH excluding ortho intramolecular Hbond substituents is 1. The lowest BCUT2D eigenvalue weighted by atomic mass is 10.1. The average molecular weight is 292 g/mol. The summed E-state index contributed by atoms with van der Waals surface area (Å²) in [5.74, 6) is 1.39. The van der Waals surface area contributed by atoms with Crippen molar-refractivity contribution in [3.05, 3.63) is 23.8 Å². The molecule has 0 radical (unpaired) electrons. The number of nitrogens with one attached hydrogen (secondary N) is 1. The maximum Gasteiger partial charge on any atom is 0.160 e. The van der Waals surface area contributed by atoms with E-state index in [0.29, 0.717) is 11.7 Å². The Morgan fingerprint density at radius 1 is 1.29 bits per heavy atom. The SMILES string of the molecule is COc1cc(CNCC(C)CN2CCCCC2)ccc1O. The quantitative estimate of drug-likeness (QED) is 0.811. The fraction of sp³-hybridized carbons (Fsp3) is 0.647. The van der Waals surface area contributed by atoms with Crippen LogP contribution in [0.25, 0.3) is 0 Å². The van der Waals surface area contributed by atoms with E-state index in [9.17, 15) is 5.11 Å². The fourth-order valence-electron chi connectivity index (χ4n) is 2.94. The summed E-state index contributed by atoms with van der Waals surface area (Å²) in [6.07, 6.45) is 4.10. The Balaban J connectivity index is 1.70. The molecule has 4 heteroatoms. The molecule has 2 rings (SSSR count). The number of benzene rings is 1. The summed E-state index contributed by atoms with van der Waals surface area (Å²) in [7, 11) is 1.58. The smallest absolute Gasteiger partial charge is 0.160 e. The van der Waals surface area contributed by atoms with Gasteiger partial charge in [-0.05, 0) is 56.1 Å². The molecule has 0 amide bonds. The first kappa shape index (κ1) is 16.1. The normalized spacial score (nSPS) is 17.6. The Kier molecular flexibility index (Phi) is 6.33. The van der Waals surface area contributed by atoms with Gasteiger partial charge in [-0.1, -0.05) is 19.4 Å². The topological polar surface area (TPSA) is 44.7 Å². The molecule has 4 nitrogen and oxygen atoms in total. The average Bonchev–Trinajstić information content (AvgIpc) is 2.50. The lowest BCUT2D eigenvalue weighted by Gasteiger charge is -2.29. The van der Waals surface area contributed by atoms with Gasteiger partial charge in [-0.15, -0.1) is 0 Å². The highest BCUT2D eigenvalue weighted by Gasteiger charge is 2.13. The molecule has 1 saturated heterocycles. The van der Waals surface area contributed by atoms with Gasteiger partial charge >= 0.3 is 0 Å². The van der Waals surface area contributed by atoms with Crippen LogP contribution in [0.5, 0.6) is 11.5 Å². The number of nitrogens with zero attached hydrogens (tertiary/aromatic N) is 1. The molecule has 118 valence electrons. The summed E-state index contributed by atoms with van der Waals surface area (Å²) in [5, 5.41) is 13.1. The monoisotopic (exact) mass is 292 g/mol. The summed E-state index contributed by atoms with van der Waals surface area (Å²) in [4.78, 5) is 2.58.